The molecular formula is C28H27FN6O2. The monoisotopic (exact) mass is 498 g/mol. The molecule has 1 unspecified atom stereocenters. The molecule has 1 fully saturated rings. The number of nitrogens with two attached hydrogens (primary N) is 1. The summed E-state index contributed by atoms with van der Waals surface area (Å²) in [6, 6.07) is 17.7. The topological polar surface area (TPSA) is 114 Å². The number of aromatic nitrogens is 2. The van der Waals surface area contributed by atoms with E-state index >= 15 is 4.39 Å². The zero-order valence-corrected chi connectivity index (χ0v) is 20.1. The minimum atomic E-state index is -0.553. The Kier molecular flexibility index (Phi) is 6.91. The number of amides is 1. The van der Waals surface area contributed by atoms with Gasteiger partial charge in [0.25, 0.3) is 0 Å². The number of fused-ring (bicyclic) bond motifs is 1. The van der Waals surface area contributed by atoms with Gasteiger partial charge in [-0.25, -0.2) is 14.4 Å². The van der Waals surface area contributed by atoms with E-state index in [0.717, 1.165) is 17.8 Å². The van der Waals surface area contributed by atoms with Gasteiger partial charge in [0.2, 0.25) is 11.9 Å². The molecule has 9 heteroatoms. The Balaban J connectivity index is 1.46. The smallest absolute Gasteiger partial charge is 0.247 e. The highest BCUT2D eigenvalue weighted by molar-refractivity contribution is 6.00. The van der Waals surface area contributed by atoms with Gasteiger partial charge in [0.15, 0.2) is 0 Å². The summed E-state index contributed by atoms with van der Waals surface area (Å²) in [5.41, 5.74) is 9.12. The molecule has 0 radical (unpaired) electrons. The zero-order chi connectivity index (χ0) is 25.8. The van der Waals surface area contributed by atoms with Crippen molar-refractivity contribution in [3.05, 3.63) is 90.9 Å². The summed E-state index contributed by atoms with van der Waals surface area (Å²) in [5.74, 6) is -0.451. The first kappa shape index (κ1) is 24.5. The number of hydrogen-bond donors (Lipinski definition) is 4. The molecular weight excluding hydrogens is 471 g/mol. The number of hydrogen-bond acceptors (Lipinski definition) is 7. The summed E-state index contributed by atoms with van der Waals surface area (Å²) in [5, 5.41) is 9.93. The van der Waals surface area contributed by atoms with Crippen molar-refractivity contribution in [2.24, 2.45) is 5.73 Å². The van der Waals surface area contributed by atoms with E-state index in [4.69, 9.17) is 10.5 Å². The van der Waals surface area contributed by atoms with Gasteiger partial charge in [0, 0.05) is 48.2 Å². The van der Waals surface area contributed by atoms with Crippen LogP contribution in [-0.2, 0) is 15.1 Å². The molecule has 1 amide bonds. The number of nitrogens with zero attached hydrogens (tertiary/aromatic N) is 2. The fourth-order valence-electron chi connectivity index (χ4n) is 4.43. The first-order valence-corrected chi connectivity index (χ1v) is 11.9. The fraction of sp³-hybridized carbons (Fsp3) is 0.179. The second-order valence-corrected chi connectivity index (χ2v) is 8.75. The largest absolute Gasteiger partial charge is 0.366 e. The molecule has 1 aromatic heterocycles. The van der Waals surface area contributed by atoms with Crippen LogP contribution >= 0.6 is 0 Å². The van der Waals surface area contributed by atoms with Gasteiger partial charge in [0.1, 0.15) is 11.4 Å². The van der Waals surface area contributed by atoms with Crippen molar-refractivity contribution in [3.63, 3.8) is 0 Å². The molecule has 5 rings (SSSR count). The van der Waals surface area contributed by atoms with Gasteiger partial charge in [0.05, 0.1) is 12.1 Å². The van der Waals surface area contributed by atoms with Crippen molar-refractivity contribution in [3.8, 4) is 11.1 Å². The van der Waals surface area contributed by atoms with E-state index in [0.29, 0.717) is 53.4 Å². The molecule has 4 aromatic rings. The molecule has 8 nitrogen and oxygen atoms in total. The normalized spacial score (nSPS) is 17.4. The summed E-state index contributed by atoms with van der Waals surface area (Å²) >= 11 is 0. The summed E-state index contributed by atoms with van der Waals surface area (Å²) in [6.07, 6.45) is 2.83. The average molecular weight is 499 g/mol. The predicted molar refractivity (Wildman–Crippen MR) is 143 cm³/mol. The molecule has 0 spiro atoms. The van der Waals surface area contributed by atoms with Crippen LogP contribution in [0.1, 0.15) is 5.56 Å². The molecule has 2 heterocycles. The Morgan fingerprint density at radius 2 is 2.03 bits per heavy atom. The first-order chi connectivity index (χ1) is 18.0. The third-order valence-corrected chi connectivity index (χ3v) is 6.37. The van der Waals surface area contributed by atoms with Gasteiger partial charge < -0.3 is 26.4 Å². The summed E-state index contributed by atoms with van der Waals surface area (Å²) in [7, 11) is 0. The summed E-state index contributed by atoms with van der Waals surface area (Å²) < 4.78 is 21.1. The molecule has 1 saturated heterocycles. The quantitative estimate of drug-likeness (QED) is 0.284. The van der Waals surface area contributed by atoms with Crippen LogP contribution in [0.2, 0.25) is 0 Å². The van der Waals surface area contributed by atoms with E-state index in [1.807, 2.05) is 24.3 Å². The van der Waals surface area contributed by atoms with E-state index in [1.165, 1.54) is 12.1 Å². The molecule has 1 aliphatic heterocycles. The summed E-state index contributed by atoms with van der Waals surface area (Å²) in [4.78, 5) is 20.8. The lowest BCUT2D eigenvalue weighted by Gasteiger charge is -2.37. The molecule has 0 bridgehead atoms. The molecule has 3 aromatic carbocycles. The SMILES string of the molecule is C=CC(=O)Nc1cccc(-c2c(F)ccc3cnc(Nc4ccc(C5(CN)CNCCO5)cc4)nc23)c1. The maximum absolute atomic E-state index is 15.1. The minimum absolute atomic E-state index is 0.319. The number of halogens is 1. The second kappa shape index (κ2) is 10.4. The van der Waals surface area contributed by atoms with Gasteiger partial charge in [-0.05, 0) is 53.6 Å². The fourth-order valence-corrected chi connectivity index (χ4v) is 4.43. The number of carbonyl (C=O) groups excluding carboxylic acids is 1. The van der Waals surface area contributed by atoms with Crippen LogP contribution in [-0.4, -0.2) is 42.1 Å². The lowest BCUT2D eigenvalue weighted by Crippen LogP contribution is -2.51. The molecule has 37 heavy (non-hydrogen) atoms. The van der Waals surface area contributed by atoms with Crippen molar-refractivity contribution < 1.29 is 13.9 Å². The van der Waals surface area contributed by atoms with Gasteiger partial charge in [-0.3, -0.25) is 4.79 Å². The van der Waals surface area contributed by atoms with E-state index in [9.17, 15) is 4.79 Å². The van der Waals surface area contributed by atoms with Crippen LogP contribution in [0.5, 0.6) is 0 Å². The van der Waals surface area contributed by atoms with Gasteiger partial charge >= 0.3 is 0 Å². The number of benzene rings is 3. The highest BCUT2D eigenvalue weighted by Crippen LogP contribution is 2.33. The van der Waals surface area contributed by atoms with Crippen molar-refractivity contribution >= 4 is 34.1 Å². The average Bonchev–Trinajstić information content (AvgIpc) is 2.93. The zero-order valence-electron chi connectivity index (χ0n) is 20.1. The Labute approximate surface area is 213 Å². The molecule has 1 atom stereocenters. The lowest BCUT2D eigenvalue weighted by atomic mass is 9.92. The Bertz CT molecular complexity index is 1450. The van der Waals surface area contributed by atoms with Crippen LogP contribution in [0.15, 0.2) is 79.5 Å². The maximum atomic E-state index is 15.1. The Morgan fingerprint density at radius 1 is 1.19 bits per heavy atom. The molecule has 0 aliphatic carbocycles. The number of ether oxygens (including phenoxy) is 1. The van der Waals surface area contributed by atoms with Crippen molar-refractivity contribution in [1.82, 2.24) is 15.3 Å². The Hall–Kier alpha value is -4.18. The Morgan fingerprint density at radius 3 is 2.76 bits per heavy atom. The van der Waals surface area contributed by atoms with Crippen molar-refractivity contribution in [2.75, 3.05) is 36.9 Å². The molecule has 1 aliphatic rings. The minimum Gasteiger partial charge on any atom is -0.366 e. The first-order valence-electron chi connectivity index (χ1n) is 11.9. The highest BCUT2D eigenvalue weighted by Gasteiger charge is 2.33. The molecule has 188 valence electrons. The second-order valence-electron chi connectivity index (χ2n) is 8.75. The maximum Gasteiger partial charge on any atom is 0.247 e. The van der Waals surface area contributed by atoms with Crippen LogP contribution in [0.25, 0.3) is 22.0 Å². The number of rotatable bonds is 7. The van der Waals surface area contributed by atoms with Gasteiger partial charge in [-0.2, -0.15) is 0 Å². The highest BCUT2D eigenvalue weighted by atomic mass is 19.1. The van der Waals surface area contributed by atoms with E-state index in [2.05, 4.69) is 32.5 Å². The summed E-state index contributed by atoms with van der Waals surface area (Å²) in [6.45, 7) is 5.88. The van der Waals surface area contributed by atoms with E-state index < -0.39 is 11.4 Å². The van der Waals surface area contributed by atoms with Crippen LogP contribution in [0.4, 0.5) is 21.7 Å². The van der Waals surface area contributed by atoms with Crippen LogP contribution < -0.4 is 21.7 Å². The number of morpholine rings is 1. The van der Waals surface area contributed by atoms with E-state index in [1.54, 1.807) is 36.5 Å². The van der Waals surface area contributed by atoms with Crippen LogP contribution in [0.3, 0.4) is 0 Å². The van der Waals surface area contributed by atoms with Crippen LogP contribution in [0, 0.1) is 5.82 Å². The number of nitrogens with one attached hydrogen (secondary N) is 3. The van der Waals surface area contributed by atoms with E-state index in [-0.39, 0.29) is 5.91 Å². The predicted octanol–water partition coefficient (Wildman–Crippen LogP) is 4.08. The van der Waals surface area contributed by atoms with Gasteiger partial charge in [-0.1, -0.05) is 30.8 Å². The number of carbonyl (C=O) groups is 1. The molecule has 5 N–H and O–H groups in total. The standard InChI is InChI=1S/C28H27FN6O2/c1-2-24(36)33-22-5-3-4-18(14-22)25-23(29)11-6-19-15-32-27(35-26(19)25)34-21-9-7-20(8-10-21)28(16-30)17-31-12-13-37-28/h2-11,14-15,31H,1,12-13,16-17,30H2,(H,33,36)(H,32,34,35). The lowest BCUT2D eigenvalue weighted by molar-refractivity contribution is -0.111. The number of anilines is 3. The third kappa shape index (κ3) is 5.05. The van der Waals surface area contributed by atoms with Gasteiger partial charge in [-0.15, -0.1) is 0 Å². The van der Waals surface area contributed by atoms with Crippen molar-refractivity contribution in [1.29, 1.82) is 0 Å². The third-order valence-electron chi connectivity index (χ3n) is 6.37. The van der Waals surface area contributed by atoms with Crippen molar-refractivity contribution in [2.45, 2.75) is 5.60 Å². The molecule has 0 saturated carbocycles.